The van der Waals surface area contributed by atoms with Crippen molar-refractivity contribution in [2.75, 3.05) is 47.4 Å². The number of aromatic nitrogens is 2. The number of hydrogen-bond acceptors (Lipinski definition) is 8. The van der Waals surface area contributed by atoms with E-state index in [-0.39, 0.29) is 0 Å². The third-order valence-corrected chi connectivity index (χ3v) is 3.79. The lowest BCUT2D eigenvalue weighted by atomic mass is 10.1. The van der Waals surface area contributed by atoms with Crippen molar-refractivity contribution in [1.82, 2.24) is 18.5 Å². The third kappa shape index (κ3) is 8.05. The lowest BCUT2D eigenvalue weighted by Gasteiger charge is -2.22. The maximum Gasteiger partial charge on any atom is 0.414 e. The fourth-order valence-corrected chi connectivity index (χ4v) is 2.62. The second-order valence-electron chi connectivity index (χ2n) is 5.79. The molecule has 0 saturated carbocycles. The highest BCUT2D eigenvalue weighted by atomic mass is 32.1. The molecule has 0 unspecified atom stereocenters. The summed E-state index contributed by atoms with van der Waals surface area (Å²) in [5, 5.41) is 14.8. The average Bonchev–Trinajstić information content (AvgIpc) is 3.00. The van der Waals surface area contributed by atoms with Crippen LogP contribution in [0.5, 0.6) is 5.88 Å². The number of carboxylic acid groups (broad SMARTS) is 2. The molecule has 2 heterocycles. The highest BCUT2D eigenvalue weighted by molar-refractivity contribution is 6.99. The molecule has 0 amide bonds. The van der Waals surface area contributed by atoms with Crippen LogP contribution in [0.15, 0.2) is 6.08 Å². The van der Waals surface area contributed by atoms with E-state index in [2.05, 4.69) is 45.8 Å². The number of rotatable bonds is 6. The van der Waals surface area contributed by atoms with E-state index in [1.165, 1.54) is 17.3 Å². The van der Waals surface area contributed by atoms with Crippen LogP contribution in [0.1, 0.15) is 18.5 Å². The van der Waals surface area contributed by atoms with E-state index in [9.17, 15) is 0 Å². The number of aliphatic carboxylic acids is 2. The van der Waals surface area contributed by atoms with Gasteiger partial charge in [-0.2, -0.15) is 4.37 Å². The summed E-state index contributed by atoms with van der Waals surface area (Å²) in [7, 11) is 6.27. The Morgan fingerprint density at radius 3 is 2.56 bits per heavy atom. The van der Waals surface area contributed by atoms with Crippen LogP contribution in [0, 0.1) is 0 Å². The Morgan fingerprint density at radius 2 is 2.00 bits per heavy atom. The minimum atomic E-state index is -1.82. The van der Waals surface area contributed by atoms with Crippen molar-refractivity contribution < 1.29 is 24.5 Å². The molecule has 0 atom stereocenters. The molecule has 1 aromatic heterocycles. The van der Waals surface area contributed by atoms with Crippen LogP contribution in [0.3, 0.4) is 0 Å². The summed E-state index contributed by atoms with van der Waals surface area (Å²) in [5.74, 6) is -2.95. The number of carboxylic acids is 2. The van der Waals surface area contributed by atoms with Crippen LogP contribution in [0.2, 0.25) is 0 Å². The van der Waals surface area contributed by atoms with Crippen LogP contribution >= 0.6 is 11.7 Å². The molecule has 2 rings (SSSR count). The summed E-state index contributed by atoms with van der Waals surface area (Å²) in [6, 6.07) is 0. The van der Waals surface area contributed by atoms with E-state index in [4.69, 9.17) is 24.5 Å². The van der Waals surface area contributed by atoms with Gasteiger partial charge in [-0.3, -0.25) is 0 Å². The molecule has 1 aromatic rings. The quantitative estimate of drug-likeness (QED) is 0.551. The number of hydrogen-bond donors (Lipinski definition) is 2. The summed E-state index contributed by atoms with van der Waals surface area (Å²) < 4.78 is 14.4. The molecule has 0 fully saturated rings. The normalized spacial score (nSPS) is 14.5. The predicted molar refractivity (Wildman–Crippen MR) is 93.9 cm³/mol. The summed E-state index contributed by atoms with van der Waals surface area (Å²) in [5.41, 5.74) is 2.17. The number of likely N-dealkylation sites (N-methyl/N-ethyl adjacent to an activating group) is 1. The van der Waals surface area contributed by atoms with E-state index in [1.807, 2.05) is 0 Å². The van der Waals surface area contributed by atoms with Crippen LogP contribution in [0.4, 0.5) is 0 Å². The Balaban J connectivity index is 0.000000450. The maximum atomic E-state index is 9.10. The fraction of sp³-hybridized carbons (Fsp3) is 0.600. The van der Waals surface area contributed by atoms with Gasteiger partial charge in [0.25, 0.3) is 5.88 Å². The minimum absolute atomic E-state index is 0.694. The second-order valence-corrected chi connectivity index (χ2v) is 6.32. The van der Waals surface area contributed by atoms with Gasteiger partial charge >= 0.3 is 11.9 Å². The number of ether oxygens (including phenoxy) is 1. The fourth-order valence-electron chi connectivity index (χ4n) is 2.09. The van der Waals surface area contributed by atoms with Gasteiger partial charge in [0.2, 0.25) is 0 Å². The van der Waals surface area contributed by atoms with Crippen molar-refractivity contribution in [3.63, 3.8) is 0 Å². The van der Waals surface area contributed by atoms with Gasteiger partial charge in [0.1, 0.15) is 5.69 Å². The molecule has 1 aliphatic heterocycles. The first kappa shape index (κ1) is 21.0. The first-order chi connectivity index (χ1) is 11.8. The Hall–Kier alpha value is -2.04. The Bertz CT molecular complexity index is 590. The molecule has 10 heteroatoms. The zero-order valence-electron chi connectivity index (χ0n) is 14.6. The predicted octanol–water partition coefficient (Wildman–Crippen LogP) is 0.743. The van der Waals surface area contributed by atoms with Crippen molar-refractivity contribution in [3.8, 4) is 5.88 Å². The topological polar surface area (TPSA) is 116 Å². The zero-order chi connectivity index (χ0) is 18.8. The largest absolute Gasteiger partial charge is 0.475 e. The van der Waals surface area contributed by atoms with Gasteiger partial charge in [-0.1, -0.05) is 6.08 Å². The molecule has 0 saturated heterocycles. The van der Waals surface area contributed by atoms with Gasteiger partial charge in [0, 0.05) is 19.6 Å². The molecule has 9 nitrogen and oxygen atoms in total. The maximum absolute atomic E-state index is 9.10. The first-order valence-electron chi connectivity index (χ1n) is 7.75. The molecular weight excluding hydrogens is 348 g/mol. The van der Waals surface area contributed by atoms with E-state index in [0.29, 0.717) is 12.5 Å². The summed E-state index contributed by atoms with van der Waals surface area (Å²) in [6.07, 6.45) is 4.33. The van der Waals surface area contributed by atoms with Crippen molar-refractivity contribution in [2.45, 2.75) is 12.8 Å². The van der Waals surface area contributed by atoms with Crippen molar-refractivity contribution in [3.05, 3.63) is 11.8 Å². The molecule has 0 spiro atoms. The number of carbonyl (C=O) groups is 2. The molecule has 140 valence electrons. The summed E-state index contributed by atoms with van der Waals surface area (Å²) >= 11 is 1.23. The molecule has 0 aliphatic carbocycles. The summed E-state index contributed by atoms with van der Waals surface area (Å²) in [6.45, 7) is 3.76. The smallest absolute Gasteiger partial charge is 0.414 e. The lowest BCUT2D eigenvalue weighted by molar-refractivity contribution is -0.159. The molecule has 2 N–H and O–H groups in total. The standard InChI is InChI=1S/C13H22N4OS.C2H2O4/c1-16(2)7-5-9-18-13-12(14-19-15-13)11-6-4-8-17(3)10-11;3-1(4)2(5)6/h6H,4-5,7-10H2,1-3H3;(H,3,4)(H,5,6). The molecule has 0 aromatic carbocycles. The van der Waals surface area contributed by atoms with E-state index in [0.717, 1.165) is 38.2 Å². The lowest BCUT2D eigenvalue weighted by Crippen LogP contribution is -2.25. The van der Waals surface area contributed by atoms with Gasteiger partial charge < -0.3 is 24.7 Å². The van der Waals surface area contributed by atoms with Crippen LogP contribution in [-0.2, 0) is 9.59 Å². The molecule has 25 heavy (non-hydrogen) atoms. The SMILES string of the molecule is CN(C)CCCOc1nsnc1C1=CCCN(C)C1.O=C(O)C(=O)O. The van der Waals surface area contributed by atoms with Crippen LogP contribution in [-0.4, -0.2) is 88.1 Å². The zero-order valence-corrected chi connectivity index (χ0v) is 15.5. The Kier molecular flexibility index (Phi) is 9.03. The molecule has 0 bridgehead atoms. The van der Waals surface area contributed by atoms with Crippen molar-refractivity contribution in [1.29, 1.82) is 0 Å². The third-order valence-electron chi connectivity index (χ3n) is 3.28. The first-order valence-corrected chi connectivity index (χ1v) is 8.48. The van der Waals surface area contributed by atoms with E-state index < -0.39 is 11.9 Å². The molecule has 1 aliphatic rings. The summed E-state index contributed by atoms with van der Waals surface area (Å²) in [4.78, 5) is 22.7. The van der Waals surface area contributed by atoms with Crippen molar-refractivity contribution >= 4 is 29.2 Å². The van der Waals surface area contributed by atoms with Crippen LogP contribution in [0.25, 0.3) is 5.57 Å². The average molecular weight is 372 g/mol. The van der Waals surface area contributed by atoms with Crippen LogP contribution < -0.4 is 4.74 Å². The monoisotopic (exact) mass is 372 g/mol. The van der Waals surface area contributed by atoms with Gasteiger partial charge in [0.15, 0.2) is 0 Å². The highest BCUT2D eigenvalue weighted by Crippen LogP contribution is 2.26. The van der Waals surface area contributed by atoms with Gasteiger partial charge in [-0.15, -0.1) is 4.37 Å². The Labute approximate surface area is 150 Å². The van der Waals surface area contributed by atoms with E-state index in [1.54, 1.807) is 0 Å². The second kappa shape index (κ2) is 10.7. The van der Waals surface area contributed by atoms with Crippen molar-refractivity contribution in [2.24, 2.45) is 0 Å². The molecule has 0 radical (unpaired) electrons. The van der Waals surface area contributed by atoms with Gasteiger partial charge in [-0.25, -0.2) is 9.59 Å². The Morgan fingerprint density at radius 1 is 1.32 bits per heavy atom. The van der Waals surface area contributed by atoms with Gasteiger partial charge in [0.05, 0.1) is 18.3 Å². The molecular formula is C15H24N4O5S. The highest BCUT2D eigenvalue weighted by Gasteiger charge is 2.18. The minimum Gasteiger partial charge on any atom is -0.475 e. The number of nitrogens with zero attached hydrogens (tertiary/aromatic N) is 4. The van der Waals surface area contributed by atoms with Gasteiger partial charge in [-0.05, 0) is 39.6 Å². The van der Waals surface area contributed by atoms with E-state index >= 15 is 0 Å².